The second-order valence-electron chi connectivity index (χ2n) is 4.85. The number of hydrogen-bond donors (Lipinski definition) is 1. The Morgan fingerprint density at radius 2 is 2.39 bits per heavy atom. The van der Waals surface area contributed by atoms with Crippen molar-refractivity contribution < 1.29 is 4.52 Å². The van der Waals surface area contributed by atoms with Crippen molar-refractivity contribution in [3.05, 3.63) is 34.5 Å². The van der Waals surface area contributed by atoms with E-state index in [9.17, 15) is 0 Å². The topological polar surface area (TPSA) is 58.0 Å². The number of rotatable bonds is 3. The van der Waals surface area contributed by atoms with Gasteiger partial charge in [-0.2, -0.15) is 5.10 Å². The molecule has 2 aromatic heterocycles. The van der Waals surface area contributed by atoms with Crippen molar-refractivity contribution in [2.45, 2.75) is 39.8 Å². The van der Waals surface area contributed by atoms with E-state index in [4.69, 9.17) is 4.52 Å². The SMILES string of the molecule is CCc1noc(C)c1CN1CCc2[nH]ncc2C1. The third-order valence-electron chi connectivity index (χ3n) is 3.66. The van der Waals surface area contributed by atoms with Crippen LogP contribution in [0.1, 0.15) is 35.2 Å². The maximum atomic E-state index is 5.29. The molecular weight excluding hydrogens is 228 g/mol. The molecule has 1 aliphatic heterocycles. The lowest BCUT2D eigenvalue weighted by Gasteiger charge is -2.26. The molecule has 3 rings (SSSR count). The third kappa shape index (κ3) is 1.95. The summed E-state index contributed by atoms with van der Waals surface area (Å²) in [5, 5.41) is 11.3. The zero-order valence-corrected chi connectivity index (χ0v) is 10.9. The van der Waals surface area contributed by atoms with Crippen molar-refractivity contribution in [1.82, 2.24) is 20.3 Å². The molecule has 0 spiro atoms. The van der Waals surface area contributed by atoms with E-state index in [2.05, 4.69) is 27.2 Å². The first-order valence-corrected chi connectivity index (χ1v) is 6.45. The maximum Gasteiger partial charge on any atom is 0.138 e. The van der Waals surface area contributed by atoms with Crippen molar-refractivity contribution in [1.29, 1.82) is 0 Å². The molecule has 0 saturated heterocycles. The number of fused-ring (bicyclic) bond motifs is 1. The fraction of sp³-hybridized carbons (Fsp3) is 0.538. The Labute approximate surface area is 106 Å². The van der Waals surface area contributed by atoms with E-state index in [-0.39, 0.29) is 0 Å². The Morgan fingerprint density at radius 1 is 1.50 bits per heavy atom. The first-order valence-electron chi connectivity index (χ1n) is 6.45. The van der Waals surface area contributed by atoms with Gasteiger partial charge in [0.25, 0.3) is 0 Å². The first kappa shape index (κ1) is 11.5. The highest BCUT2D eigenvalue weighted by Gasteiger charge is 2.20. The molecule has 5 heteroatoms. The molecule has 0 aliphatic carbocycles. The lowest BCUT2D eigenvalue weighted by molar-refractivity contribution is 0.242. The largest absolute Gasteiger partial charge is 0.361 e. The summed E-state index contributed by atoms with van der Waals surface area (Å²) in [6.07, 6.45) is 3.90. The average Bonchev–Trinajstić information content (AvgIpc) is 2.97. The monoisotopic (exact) mass is 246 g/mol. The van der Waals surface area contributed by atoms with Crippen molar-refractivity contribution >= 4 is 0 Å². The molecule has 0 radical (unpaired) electrons. The summed E-state index contributed by atoms with van der Waals surface area (Å²) < 4.78 is 5.29. The van der Waals surface area contributed by atoms with Gasteiger partial charge in [-0.15, -0.1) is 0 Å². The number of hydrogen-bond acceptors (Lipinski definition) is 4. The van der Waals surface area contributed by atoms with Gasteiger partial charge in [0, 0.05) is 42.9 Å². The molecule has 0 fully saturated rings. The van der Waals surface area contributed by atoms with Crippen LogP contribution in [0.3, 0.4) is 0 Å². The Morgan fingerprint density at radius 3 is 3.22 bits per heavy atom. The highest BCUT2D eigenvalue weighted by molar-refractivity contribution is 5.24. The second-order valence-corrected chi connectivity index (χ2v) is 4.85. The molecule has 0 unspecified atom stereocenters. The normalized spacial score (nSPS) is 15.9. The summed E-state index contributed by atoms with van der Waals surface area (Å²) in [4.78, 5) is 2.43. The van der Waals surface area contributed by atoms with E-state index in [1.54, 1.807) is 0 Å². The summed E-state index contributed by atoms with van der Waals surface area (Å²) in [6.45, 7) is 7.05. The van der Waals surface area contributed by atoms with Crippen LogP contribution >= 0.6 is 0 Å². The van der Waals surface area contributed by atoms with Gasteiger partial charge in [0.2, 0.25) is 0 Å². The Kier molecular flexibility index (Phi) is 2.91. The fourth-order valence-electron chi connectivity index (χ4n) is 2.56. The highest BCUT2D eigenvalue weighted by Crippen LogP contribution is 2.21. The van der Waals surface area contributed by atoms with Gasteiger partial charge in [0.05, 0.1) is 11.9 Å². The lowest BCUT2D eigenvalue weighted by Crippen LogP contribution is -2.30. The van der Waals surface area contributed by atoms with E-state index in [0.717, 1.165) is 43.9 Å². The Hall–Kier alpha value is -1.62. The lowest BCUT2D eigenvalue weighted by atomic mass is 10.1. The van der Waals surface area contributed by atoms with Crippen LogP contribution in [0.2, 0.25) is 0 Å². The zero-order valence-electron chi connectivity index (χ0n) is 10.9. The molecule has 0 bridgehead atoms. The van der Waals surface area contributed by atoms with Crippen molar-refractivity contribution in [2.75, 3.05) is 6.54 Å². The number of aromatic nitrogens is 3. The molecule has 1 aliphatic rings. The molecule has 0 atom stereocenters. The van der Waals surface area contributed by atoms with E-state index in [0.29, 0.717) is 0 Å². The van der Waals surface area contributed by atoms with Crippen LogP contribution in [0, 0.1) is 6.92 Å². The second kappa shape index (κ2) is 4.57. The molecule has 0 amide bonds. The minimum Gasteiger partial charge on any atom is -0.361 e. The van der Waals surface area contributed by atoms with Gasteiger partial charge in [0.1, 0.15) is 5.76 Å². The minimum absolute atomic E-state index is 0.920. The summed E-state index contributed by atoms with van der Waals surface area (Å²) in [6, 6.07) is 0. The number of nitrogens with one attached hydrogen (secondary N) is 1. The fourth-order valence-corrected chi connectivity index (χ4v) is 2.56. The van der Waals surface area contributed by atoms with Gasteiger partial charge in [0.15, 0.2) is 0 Å². The van der Waals surface area contributed by atoms with E-state index in [1.165, 1.54) is 16.8 Å². The molecule has 3 heterocycles. The van der Waals surface area contributed by atoms with Crippen LogP contribution in [0.4, 0.5) is 0 Å². The van der Waals surface area contributed by atoms with Crippen LogP contribution < -0.4 is 0 Å². The van der Waals surface area contributed by atoms with Crippen molar-refractivity contribution in [2.24, 2.45) is 0 Å². The number of aromatic amines is 1. The van der Waals surface area contributed by atoms with Gasteiger partial charge in [-0.05, 0) is 13.3 Å². The predicted molar refractivity (Wildman–Crippen MR) is 67.0 cm³/mol. The molecule has 0 saturated carbocycles. The molecule has 0 aromatic carbocycles. The molecule has 18 heavy (non-hydrogen) atoms. The van der Waals surface area contributed by atoms with Gasteiger partial charge in [-0.1, -0.05) is 12.1 Å². The molecule has 5 nitrogen and oxygen atoms in total. The van der Waals surface area contributed by atoms with Gasteiger partial charge in [-0.25, -0.2) is 0 Å². The van der Waals surface area contributed by atoms with E-state index >= 15 is 0 Å². The number of nitrogens with zero attached hydrogens (tertiary/aromatic N) is 3. The summed E-state index contributed by atoms with van der Waals surface area (Å²) in [5.41, 5.74) is 4.94. The summed E-state index contributed by atoms with van der Waals surface area (Å²) in [5.74, 6) is 0.949. The van der Waals surface area contributed by atoms with Crippen molar-refractivity contribution in [3.8, 4) is 0 Å². The summed E-state index contributed by atoms with van der Waals surface area (Å²) in [7, 11) is 0. The van der Waals surface area contributed by atoms with E-state index in [1.807, 2.05) is 13.1 Å². The van der Waals surface area contributed by atoms with Gasteiger partial charge < -0.3 is 4.52 Å². The number of H-pyrrole nitrogens is 1. The van der Waals surface area contributed by atoms with Crippen molar-refractivity contribution in [3.63, 3.8) is 0 Å². The molecule has 2 aromatic rings. The Bertz CT molecular complexity index is 543. The van der Waals surface area contributed by atoms with Crippen LogP contribution in [-0.4, -0.2) is 26.8 Å². The zero-order chi connectivity index (χ0) is 12.5. The average molecular weight is 246 g/mol. The number of aryl methyl sites for hydroxylation is 2. The van der Waals surface area contributed by atoms with Crippen LogP contribution in [0.5, 0.6) is 0 Å². The molecular formula is C13H18N4O. The molecule has 1 N–H and O–H groups in total. The van der Waals surface area contributed by atoms with Gasteiger partial charge >= 0.3 is 0 Å². The van der Waals surface area contributed by atoms with E-state index < -0.39 is 0 Å². The standard InChI is InChI=1S/C13H18N4O/c1-3-12-11(9(2)18-16-12)8-17-5-4-13-10(7-17)6-14-15-13/h6H,3-5,7-8H2,1-2H3,(H,14,15). The third-order valence-corrected chi connectivity index (χ3v) is 3.66. The first-order chi connectivity index (χ1) is 8.78. The van der Waals surface area contributed by atoms with Crippen LogP contribution in [0.25, 0.3) is 0 Å². The predicted octanol–water partition coefficient (Wildman–Crippen LogP) is 1.83. The van der Waals surface area contributed by atoms with Crippen LogP contribution in [0.15, 0.2) is 10.7 Å². The highest BCUT2D eigenvalue weighted by atomic mass is 16.5. The maximum absolute atomic E-state index is 5.29. The van der Waals surface area contributed by atoms with Crippen LogP contribution in [-0.2, 0) is 25.9 Å². The minimum atomic E-state index is 0.920. The smallest absolute Gasteiger partial charge is 0.138 e. The Balaban J connectivity index is 1.76. The molecule has 96 valence electrons. The van der Waals surface area contributed by atoms with Gasteiger partial charge in [-0.3, -0.25) is 10.00 Å². The summed E-state index contributed by atoms with van der Waals surface area (Å²) >= 11 is 0. The quantitative estimate of drug-likeness (QED) is 0.897.